The Balaban J connectivity index is 1.43. The lowest BCUT2D eigenvalue weighted by Gasteiger charge is -2.34. The zero-order valence-electron chi connectivity index (χ0n) is 17.1. The molecule has 0 saturated carbocycles. The van der Waals surface area contributed by atoms with Crippen LogP contribution in [0.3, 0.4) is 0 Å². The van der Waals surface area contributed by atoms with Gasteiger partial charge in [0.2, 0.25) is 5.91 Å². The van der Waals surface area contributed by atoms with Gasteiger partial charge < -0.3 is 19.7 Å². The third-order valence-electron chi connectivity index (χ3n) is 4.92. The highest BCUT2D eigenvalue weighted by Crippen LogP contribution is 2.27. The van der Waals surface area contributed by atoms with E-state index in [0.717, 1.165) is 15.3 Å². The zero-order valence-corrected chi connectivity index (χ0v) is 17.9. The van der Waals surface area contributed by atoms with Crippen molar-refractivity contribution in [2.24, 2.45) is 0 Å². The number of ether oxygens (including phenoxy) is 2. The van der Waals surface area contributed by atoms with Crippen LogP contribution < -0.4 is 14.8 Å². The molecule has 1 aromatic heterocycles. The van der Waals surface area contributed by atoms with Crippen molar-refractivity contribution in [2.45, 2.75) is 13.5 Å². The van der Waals surface area contributed by atoms with E-state index in [1.165, 1.54) is 11.3 Å². The number of amides is 2. The van der Waals surface area contributed by atoms with Gasteiger partial charge in [0, 0.05) is 37.6 Å². The van der Waals surface area contributed by atoms with Gasteiger partial charge in [-0.05, 0) is 36.8 Å². The van der Waals surface area contributed by atoms with Crippen molar-refractivity contribution in [3.63, 3.8) is 0 Å². The van der Waals surface area contributed by atoms with E-state index in [1.807, 2.05) is 42.2 Å². The zero-order chi connectivity index (χ0) is 20.8. The molecule has 1 aliphatic heterocycles. The fourth-order valence-electron chi connectivity index (χ4n) is 3.26. The number of nitrogens with zero attached hydrogens (tertiary/aromatic N) is 2. The lowest BCUT2D eigenvalue weighted by molar-refractivity contribution is -0.122. The normalized spacial score (nSPS) is 14.5. The third-order valence-corrected chi connectivity index (χ3v) is 5.90. The Bertz CT molecular complexity index is 859. The van der Waals surface area contributed by atoms with E-state index < -0.39 is 0 Å². The number of hydrogen-bond acceptors (Lipinski definition) is 6. The second-order valence-corrected chi connectivity index (χ2v) is 8.23. The molecule has 8 heteroatoms. The van der Waals surface area contributed by atoms with Crippen molar-refractivity contribution in [1.82, 2.24) is 15.1 Å². The monoisotopic (exact) mass is 417 g/mol. The summed E-state index contributed by atoms with van der Waals surface area (Å²) >= 11 is 1.52. The van der Waals surface area contributed by atoms with Crippen LogP contribution in [0.2, 0.25) is 0 Å². The molecule has 0 bridgehead atoms. The largest absolute Gasteiger partial charge is 0.493 e. The number of thiophene rings is 1. The Morgan fingerprint density at radius 2 is 1.76 bits per heavy atom. The van der Waals surface area contributed by atoms with Gasteiger partial charge in [0.25, 0.3) is 5.91 Å². The average Bonchev–Trinajstić information content (AvgIpc) is 3.18. The molecule has 2 amide bonds. The van der Waals surface area contributed by atoms with E-state index in [-0.39, 0.29) is 11.8 Å². The second kappa shape index (κ2) is 9.76. The van der Waals surface area contributed by atoms with Crippen LogP contribution in [0.4, 0.5) is 0 Å². The molecular formula is C21H27N3O4S. The van der Waals surface area contributed by atoms with Crippen LogP contribution in [-0.2, 0) is 11.3 Å². The molecule has 2 heterocycles. The minimum Gasteiger partial charge on any atom is -0.493 e. The molecule has 1 fully saturated rings. The van der Waals surface area contributed by atoms with Crippen LogP contribution in [0, 0.1) is 6.92 Å². The topological polar surface area (TPSA) is 71.1 Å². The van der Waals surface area contributed by atoms with Gasteiger partial charge in [0.1, 0.15) is 0 Å². The molecule has 7 nitrogen and oxygen atoms in total. The molecule has 29 heavy (non-hydrogen) atoms. The van der Waals surface area contributed by atoms with Gasteiger partial charge in [-0.2, -0.15) is 0 Å². The number of nitrogens with one attached hydrogen (secondary N) is 1. The highest BCUT2D eigenvalue weighted by atomic mass is 32.1. The maximum absolute atomic E-state index is 12.5. The predicted molar refractivity (Wildman–Crippen MR) is 113 cm³/mol. The Hall–Kier alpha value is -2.58. The SMILES string of the molecule is COc1ccc(CNC(=O)CN2CCN(C(=O)c3ccc(C)s3)CC2)cc1OC. The van der Waals surface area contributed by atoms with Gasteiger partial charge in [0.05, 0.1) is 25.6 Å². The number of carbonyl (C=O) groups excluding carboxylic acids is 2. The van der Waals surface area contributed by atoms with E-state index in [4.69, 9.17) is 9.47 Å². The Labute approximate surface area is 175 Å². The first kappa shape index (κ1) is 21.1. The van der Waals surface area contributed by atoms with E-state index >= 15 is 0 Å². The third kappa shape index (κ3) is 5.48. The summed E-state index contributed by atoms with van der Waals surface area (Å²) in [6, 6.07) is 9.44. The standard InChI is InChI=1S/C21H27N3O4S/c1-15-4-7-19(29-15)21(26)24-10-8-23(9-11-24)14-20(25)22-13-16-5-6-17(27-2)18(12-16)28-3/h4-7,12H,8-11,13-14H2,1-3H3,(H,22,25). The molecule has 156 valence electrons. The number of methoxy groups -OCH3 is 2. The van der Waals surface area contributed by atoms with E-state index in [0.29, 0.717) is 50.8 Å². The minimum absolute atomic E-state index is 0.0338. The summed E-state index contributed by atoms with van der Waals surface area (Å²) in [6.45, 7) is 5.42. The van der Waals surface area contributed by atoms with Crippen molar-refractivity contribution in [3.05, 3.63) is 45.6 Å². The summed E-state index contributed by atoms with van der Waals surface area (Å²) in [4.78, 5) is 30.7. The first-order chi connectivity index (χ1) is 14.0. The van der Waals surface area contributed by atoms with Crippen molar-refractivity contribution in [3.8, 4) is 11.5 Å². The van der Waals surface area contributed by atoms with Crippen LogP contribution in [0.25, 0.3) is 0 Å². The summed E-state index contributed by atoms with van der Waals surface area (Å²) in [6.07, 6.45) is 0. The Morgan fingerprint density at radius 1 is 1.03 bits per heavy atom. The molecule has 2 aromatic rings. The molecule has 1 N–H and O–H groups in total. The van der Waals surface area contributed by atoms with Gasteiger partial charge in [-0.25, -0.2) is 0 Å². The van der Waals surface area contributed by atoms with E-state index in [1.54, 1.807) is 14.2 Å². The molecule has 0 spiro atoms. The molecule has 0 aliphatic carbocycles. The maximum Gasteiger partial charge on any atom is 0.264 e. The molecule has 1 aliphatic rings. The van der Waals surface area contributed by atoms with E-state index in [9.17, 15) is 9.59 Å². The molecule has 0 unspecified atom stereocenters. The van der Waals surface area contributed by atoms with Crippen LogP contribution in [0.1, 0.15) is 20.1 Å². The van der Waals surface area contributed by atoms with Gasteiger partial charge >= 0.3 is 0 Å². The van der Waals surface area contributed by atoms with Gasteiger partial charge in [0.15, 0.2) is 11.5 Å². The van der Waals surface area contributed by atoms with Gasteiger partial charge in [-0.15, -0.1) is 11.3 Å². The number of hydrogen-bond donors (Lipinski definition) is 1. The quantitative estimate of drug-likeness (QED) is 0.748. The fraction of sp³-hybridized carbons (Fsp3) is 0.429. The minimum atomic E-state index is -0.0338. The van der Waals surface area contributed by atoms with Crippen molar-refractivity contribution in [2.75, 3.05) is 46.9 Å². The Kier molecular flexibility index (Phi) is 7.11. The average molecular weight is 418 g/mol. The van der Waals surface area contributed by atoms with Crippen LogP contribution in [0.15, 0.2) is 30.3 Å². The maximum atomic E-state index is 12.5. The highest BCUT2D eigenvalue weighted by molar-refractivity contribution is 7.13. The molecule has 1 aromatic carbocycles. The first-order valence-corrected chi connectivity index (χ1v) is 10.4. The summed E-state index contributed by atoms with van der Waals surface area (Å²) < 4.78 is 10.5. The summed E-state index contributed by atoms with van der Waals surface area (Å²) in [5, 5.41) is 2.94. The predicted octanol–water partition coefficient (Wildman–Crippen LogP) is 2.15. The fourth-order valence-corrected chi connectivity index (χ4v) is 4.10. The number of aryl methyl sites for hydroxylation is 1. The van der Waals surface area contributed by atoms with Gasteiger partial charge in [-0.3, -0.25) is 14.5 Å². The smallest absolute Gasteiger partial charge is 0.264 e. The van der Waals surface area contributed by atoms with Crippen molar-refractivity contribution < 1.29 is 19.1 Å². The van der Waals surface area contributed by atoms with Crippen LogP contribution >= 0.6 is 11.3 Å². The molecule has 1 saturated heterocycles. The van der Waals surface area contributed by atoms with Crippen molar-refractivity contribution >= 4 is 23.2 Å². The van der Waals surface area contributed by atoms with E-state index in [2.05, 4.69) is 10.2 Å². The number of rotatable bonds is 7. The summed E-state index contributed by atoms with van der Waals surface area (Å²) in [5.41, 5.74) is 0.942. The van der Waals surface area contributed by atoms with Crippen LogP contribution in [0.5, 0.6) is 11.5 Å². The summed E-state index contributed by atoms with van der Waals surface area (Å²) in [7, 11) is 3.18. The van der Waals surface area contributed by atoms with Gasteiger partial charge in [-0.1, -0.05) is 6.07 Å². The molecular weight excluding hydrogens is 390 g/mol. The summed E-state index contributed by atoms with van der Waals surface area (Å²) in [5.74, 6) is 1.35. The number of benzene rings is 1. The van der Waals surface area contributed by atoms with Crippen molar-refractivity contribution in [1.29, 1.82) is 0 Å². The first-order valence-electron chi connectivity index (χ1n) is 9.56. The number of carbonyl (C=O) groups is 2. The highest BCUT2D eigenvalue weighted by Gasteiger charge is 2.24. The second-order valence-electron chi connectivity index (χ2n) is 6.94. The molecule has 0 atom stereocenters. The Morgan fingerprint density at radius 3 is 2.38 bits per heavy atom. The lowest BCUT2D eigenvalue weighted by atomic mass is 10.2. The molecule has 0 radical (unpaired) electrons. The number of piperazine rings is 1. The lowest BCUT2D eigenvalue weighted by Crippen LogP contribution is -2.51. The molecule has 3 rings (SSSR count). The van der Waals surface area contributed by atoms with Crippen LogP contribution in [-0.4, -0.2) is 68.6 Å².